The monoisotopic (exact) mass is 541 g/mol. The first kappa shape index (κ1) is 27.4. The molecule has 0 radical (unpaired) electrons. The molecule has 2 amide bonds. The summed E-state index contributed by atoms with van der Waals surface area (Å²) in [5.74, 6) is -1.55. The minimum absolute atomic E-state index is 0.0326. The lowest BCUT2D eigenvalue weighted by Gasteiger charge is -2.29. The van der Waals surface area contributed by atoms with Gasteiger partial charge in [-0.15, -0.1) is 0 Å². The minimum atomic E-state index is -1.03. The lowest BCUT2D eigenvalue weighted by atomic mass is 9.98. The number of aliphatic carboxylic acids is 1. The van der Waals surface area contributed by atoms with E-state index in [1.807, 2.05) is 61.5 Å². The van der Waals surface area contributed by atoms with Gasteiger partial charge in [0, 0.05) is 32.0 Å². The SMILES string of the molecule is CC1(NC(=O)C(CCC(=O)O)NC(=O)OCC2c3ccccc3-c3ccccc32)CCN(Cc2ccccc2)C1. The molecule has 40 heavy (non-hydrogen) atoms. The first-order valence-corrected chi connectivity index (χ1v) is 13.7. The van der Waals surface area contributed by atoms with Crippen LogP contribution in [0.4, 0.5) is 4.79 Å². The van der Waals surface area contributed by atoms with Crippen LogP contribution in [0.15, 0.2) is 78.9 Å². The van der Waals surface area contributed by atoms with Gasteiger partial charge in [-0.3, -0.25) is 14.5 Å². The van der Waals surface area contributed by atoms with Gasteiger partial charge in [0.15, 0.2) is 0 Å². The van der Waals surface area contributed by atoms with Crippen LogP contribution in [-0.4, -0.2) is 59.3 Å². The smallest absolute Gasteiger partial charge is 0.407 e. The van der Waals surface area contributed by atoms with Gasteiger partial charge in [-0.25, -0.2) is 4.79 Å². The molecule has 0 spiro atoms. The molecule has 0 saturated carbocycles. The average molecular weight is 542 g/mol. The average Bonchev–Trinajstić information content (AvgIpc) is 3.47. The van der Waals surface area contributed by atoms with E-state index in [9.17, 15) is 19.5 Å². The van der Waals surface area contributed by atoms with Crippen molar-refractivity contribution in [1.29, 1.82) is 0 Å². The summed E-state index contributed by atoms with van der Waals surface area (Å²) in [6.07, 6.45) is -0.273. The fourth-order valence-corrected chi connectivity index (χ4v) is 5.84. The highest BCUT2D eigenvalue weighted by molar-refractivity contribution is 5.87. The van der Waals surface area contributed by atoms with E-state index in [-0.39, 0.29) is 25.4 Å². The van der Waals surface area contributed by atoms with Crippen molar-refractivity contribution in [2.24, 2.45) is 0 Å². The van der Waals surface area contributed by atoms with Gasteiger partial charge in [0.1, 0.15) is 12.6 Å². The number of nitrogens with one attached hydrogen (secondary N) is 2. The predicted molar refractivity (Wildman–Crippen MR) is 152 cm³/mol. The Kier molecular flexibility index (Phi) is 8.16. The Bertz CT molecular complexity index is 1330. The molecular weight excluding hydrogens is 506 g/mol. The van der Waals surface area contributed by atoms with Crippen molar-refractivity contribution in [2.45, 2.75) is 50.2 Å². The lowest BCUT2D eigenvalue weighted by Crippen LogP contribution is -2.55. The number of fused-ring (bicyclic) bond motifs is 3. The highest BCUT2D eigenvalue weighted by Crippen LogP contribution is 2.44. The summed E-state index contributed by atoms with van der Waals surface area (Å²) in [7, 11) is 0. The number of carboxylic acids is 1. The first-order chi connectivity index (χ1) is 19.3. The van der Waals surface area contributed by atoms with Gasteiger partial charge in [0.25, 0.3) is 0 Å². The molecule has 208 valence electrons. The second kappa shape index (κ2) is 11.9. The number of carbonyl (C=O) groups excluding carboxylic acids is 2. The number of nitrogens with zero attached hydrogens (tertiary/aromatic N) is 1. The van der Waals surface area contributed by atoms with Crippen molar-refractivity contribution >= 4 is 18.0 Å². The second-order valence-electron chi connectivity index (χ2n) is 11.0. The number of benzene rings is 3. The number of likely N-dealkylation sites (tertiary alicyclic amines) is 1. The maximum absolute atomic E-state index is 13.3. The minimum Gasteiger partial charge on any atom is -0.481 e. The molecule has 1 aliphatic carbocycles. The van der Waals surface area contributed by atoms with Crippen molar-refractivity contribution in [3.8, 4) is 11.1 Å². The van der Waals surface area contributed by atoms with Crippen molar-refractivity contribution < 1.29 is 24.2 Å². The van der Waals surface area contributed by atoms with E-state index in [1.165, 1.54) is 5.56 Å². The van der Waals surface area contributed by atoms with Crippen molar-refractivity contribution in [1.82, 2.24) is 15.5 Å². The van der Waals surface area contributed by atoms with Crippen LogP contribution in [0.3, 0.4) is 0 Å². The summed E-state index contributed by atoms with van der Waals surface area (Å²) >= 11 is 0. The number of carboxylic acid groups (broad SMARTS) is 1. The maximum atomic E-state index is 13.3. The van der Waals surface area contributed by atoms with Gasteiger partial charge in [0.2, 0.25) is 5.91 Å². The van der Waals surface area contributed by atoms with Crippen molar-refractivity contribution in [2.75, 3.05) is 19.7 Å². The zero-order valence-corrected chi connectivity index (χ0v) is 22.6. The largest absolute Gasteiger partial charge is 0.481 e. The number of amides is 2. The maximum Gasteiger partial charge on any atom is 0.407 e. The molecule has 2 aliphatic rings. The van der Waals surface area contributed by atoms with Crippen molar-refractivity contribution in [3.05, 3.63) is 95.6 Å². The zero-order chi connectivity index (χ0) is 28.1. The molecule has 2 atom stereocenters. The van der Waals surface area contributed by atoms with Crippen LogP contribution >= 0.6 is 0 Å². The highest BCUT2D eigenvalue weighted by Gasteiger charge is 2.37. The van der Waals surface area contributed by atoms with Gasteiger partial charge in [-0.05, 0) is 47.6 Å². The van der Waals surface area contributed by atoms with Gasteiger partial charge >= 0.3 is 12.1 Å². The summed E-state index contributed by atoms with van der Waals surface area (Å²) in [6.45, 7) is 4.36. The van der Waals surface area contributed by atoms with E-state index < -0.39 is 29.6 Å². The fraction of sp³-hybridized carbons (Fsp3) is 0.344. The molecule has 1 aliphatic heterocycles. The van der Waals surface area contributed by atoms with Gasteiger partial charge < -0.3 is 20.5 Å². The fourth-order valence-electron chi connectivity index (χ4n) is 5.84. The molecule has 0 bridgehead atoms. The lowest BCUT2D eigenvalue weighted by molar-refractivity contribution is -0.137. The molecule has 1 saturated heterocycles. The van der Waals surface area contributed by atoms with E-state index in [4.69, 9.17) is 4.74 Å². The van der Waals surface area contributed by atoms with Gasteiger partial charge in [0.05, 0.1) is 5.54 Å². The number of alkyl carbamates (subject to hydrolysis) is 1. The van der Waals surface area contributed by atoms with Gasteiger partial charge in [-0.2, -0.15) is 0 Å². The number of rotatable bonds is 10. The van der Waals surface area contributed by atoms with Crippen LogP contribution in [0.2, 0.25) is 0 Å². The topological polar surface area (TPSA) is 108 Å². The zero-order valence-electron chi connectivity index (χ0n) is 22.6. The summed E-state index contributed by atoms with van der Waals surface area (Å²) in [4.78, 5) is 39.8. The second-order valence-corrected chi connectivity index (χ2v) is 11.0. The van der Waals surface area contributed by atoms with Crippen LogP contribution in [0.5, 0.6) is 0 Å². The summed E-state index contributed by atoms with van der Waals surface area (Å²) in [5.41, 5.74) is 5.14. The van der Waals surface area contributed by atoms with Crippen LogP contribution in [-0.2, 0) is 20.9 Å². The van der Waals surface area contributed by atoms with Crippen LogP contribution in [0.25, 0.3) is 11.1 Å². The van der Waals surface area contributed by atoms with Gasteiger partial charge in [-0.1, -0.05) is 78.9 Å². The Morgan fingerprint density at radius 3 is 2.25 bits per heavy atom. The number of hydrogen-bond donors (Lipinski definition) is 3. The molecule has 3 aromatic rings. The van der Waals surface area contributed by atoms with E-state index in [1.54, 1.807) is 0 Å². The highest BCUT2D eigenvalue weighted by atomic mass is 16.5. The van der Waals surface area contributed by atoms with E-state index in [0.717, 1.165) is 41.8 Å². The van der Waals surface area contributed by atoms with Crippen LogP contribution in [0, 0.1) is 0 Å². The Morgan fingerprint density at radius 1 is 0.975 bits per heavy atom. The summed E-state index contributed by atoms with van der Waals surface area (Å²) in [5, 5.41) is 15.0. The van der Waals surface area contributed by atoms with E-state index >= 15 is 0 Å². The Morgan fingerprint density at radius 2 is 1.60 bits per heavy atom. The molecule has 1 fully saturated rings. The molecule has 2 unspecified atom stereocenters. The quantitative estimate of drug-likeness (QED) is 0.348. The van der Waals surface area contributed by atoms with Crippen LogP contribution in [0.1, 0.15) is 48.8 Å². The number of carbonyl (C=O) groups is 3. The first-order valence-electron chi connectivity index (χ1n) is 13.7. The third kappa shape index (κ3) is 6.34. The Balaban J connectivity index is 1.20. The summed E-state index contributed by atoms with van der Waals surface area (Å²) < 4.78 is 5.62. The van der Waals surface area contributed by atoms with Crippen molar-refractivity contribution in [3.63, 3.8) is 0 Å². The molecule has 3 aromatic carbocycles. The van der Waals surface area contributed by atoms with Crippen LogP contribution < -0.4 is 10.6 Å². The van der Waals surface area contributed by atoms with E-state index in [0.29, 0.717) is 6.54 Å². The Labute approximate surface area is 234 Å². The molecule has 3 N–H and O–H groups in total. The summed E-state index contributed by atoms with van der Waals surface area (Å²) in [6, 6.07) is 25.2. The Hall–Kier alpha value is -4.17. The normalized spacial score (nSPS) is 18.9. The predicted octanol–water partition coefficient (Wildman–Crippen LogP) is 4.54. The molecule has 5 rings (SSSR count). The number of hydrogen-bond acceptors (Lipinski definition) is 5. The molecule has 8 nitrogen and oxygen atoms in total. The number of ether oxygens (including phenoxy) is 1. The molecular formula is C32H35N3O5. The third-order valence-electron chi connectivity index (χ3n) is 7.83. The molecule has 1 heterocycles. The molecule has 0 aromatic heterocycles. The standard InChI is InChI=1S/C32H35N3O5/c1-32(17-18-35(21-32)19-22-9-3-2-4-10-22)34-30(38)28(15-16-29(36)37)33-31(39)40-20-27-25-13-7-5-11-23(25)24-12-6-8-14-26(24)27/h2-14,27-28H,15-21H2,1H3,(H,33,39)(H,34,38)(H,36,37). The molecule has 8 heteroatoms. The third-order valence-corrected chi connectivity index (χ3v) is 7.83. The van der Waals surface area contributed by atoms with E-state index in [2.05, 4.69) is 39.8 Å².